The fourth-order valence-corrected chi connectivity index (χ4v) is 4.12. The standard InChI is InChI=1S/C13H16N4S/c1-2-4-10-9(3-1)7-11(18-10)13-16-15-12-8-14-5-6-17(12)13/h7,14H,1-6,8H2. The van der Waals surface area contributed by atoms with Gasteiger partial charge in [-0.15, -0.1) is 21.5 Å². The molecule has 4 rings (SSSR count). The molecule has 0 amide bonds. The van der Waals surface area contributed by atoms with Gasteiger partial charge < -0.3 is 9.88 Å². The van der Waals surface area contributed by atoms with E-state index in [-0.39, 0.29) is 0 Å². The lowest BCUT2D eigenvalue weighted by molar-refractivity contribution is 0.508. The molecule has 0 bridgehead atoms. The highest BCUT2D eigenvalue weighted by Gasteiger charge is 2.20. The molecule has 5 heteroatoms. The molecule has 2 aromatic heterocycles. The maximum atomic E-state index is 4.39. The Balaban J connectivity index is 1.78. The molecular formula is C13H16N4S. The molecule has 2 aliphatic rings. The Morgan fingerprint density at radius 1 is 1.22 bits per heavy atom. The van der Waals surface area contributed by atoms with Crippen molar-refractivity contribution < 1.29 is 0 Å². The summed E-state index contributed by atoms with van der Waals surface area (Å²) in [6.07, 6.45) is 5.18. The molecular weight excluding hydrogens is 244 g/mol. The zero-order chi connectivity index (χ0) is 11.9. The molecule has 0 radical (unpaired) electrons. The lowest BCUT2D eigenvalue weighted by atomic mass is 9.99. The number of rotatable bonds is 1. The van der Waals surface area contributed by atoms with Crippen LogP contribution in [0.5, 0.6) is 0 Å². The zero-order valence-corrected chi connectivity index (χ0v) is 11.1. The normalized spacial score (nSPS) is 18.4. The summed E-state index contributed by atoms with van der Waals surface area (Å²) in [4.78, 5) is 2.88. The van der Waals surface area contributed by atoms with E-state index in [4.69, 9.17) is 0 Å². The van der Waals surface area contributed by atoms with Gasteiger partial charge in [-0.05, 0) is 37.3 Å². The smallest absolute Gasteiger partial charge is 0.174 e. The van der Waals surface area contributed by atoms with Crippen LogP contribution < -0.4 is 5.32 Å². The van der Waals surface area contributed by atoms with Crippen molar-refractivity contribution in [3.63, 3.8) is 0 Å². The van der Waals surface area contributed by atoms with Gasteiger partial charge in [0.25, 0.3) is 0 Å². The lowest BCUT2D eigenvalue weighted by Crippen LogP contribution is -2.28. The summed E-state index contributed by atoms with van der Waals surface area (Å²) in [6, 6.07) is 2.35. The minimum absolute atomic E-state index is 0.845. The number of aromatic nitrogens is 3. The van der Waals surface area contributed by atoms with E-state index in [1.807, 2.05) is 11.3 Å². The molecule has 2 aromatic rings. The third-order valence-electron chi connectivity index (χ3n) is 3.84. The van der Waals surface area contributed by atoms with Crippen LogP contribution in [0.3, 0.4) is 0 Å². The average molecular weight is 260 g/mol. The summed E-state index contributed by atoms with van der Waals surface area (Å²) >= 11 is 1.92. The van der Waals surface area contributed by atoms with Crippen LogP contribution in [0, 0.1) is 0 Å². The molecule has 0 aromatic carbocycles. The third kappa shape index (κ3) is 1.61. The number of aryl methyl sites for hydroxylation is 2. The molecule has 0 fully saturated rings. The van der Waals surface area contributed by atoms with Crippen molar-refractivity contribution in [2.45, 2.75) is 38.8 Å². The second kappa shape index (κ2) is 4.17. The van der Waals surface area contributed by atoms with Crippen molar-refractivity contribution in [1.29, 1.82) is 0 Å². The van der Waals surface area contributed by atoms with E-state index < -0.39 is 0 Å². The van der Waals surface area contributed by atoms with E-state index >= 15 is 0 Å². The number of hydrogen-bond acceptors (Lipinski definition) is 4. The van der Waals surface area contributed by atoms with Crippen LogP contribution in [0.1, 0.15) is 29.1 Å². The molecule has 0 unspecified atom stereocenters. The van der Waals surface area contributed by atoms with Gasteiger partial charge >= 0.3 is 0 Å². The van der Waals surface area contributed by atoms with Gasteiger partial charge in [0, 0.05) is 18.0 Å². The van der Waals surface area contributed by atoms with Crippen LogP contribution in [0.15, 0.2) is 6.07 Å². The van der Waals surface area contributed by atoms with Gasteiger partial charge in [0.2, 0.25) is 0 Å². The van der Waals surface area contributed by atoms with E-state index in [2.05, 4.69) is 26.1 Å². The van der Waals surface area contributed by atoms with Gasteiger partial charge in [0.1, 0.15) is 5.82 Å². The van der Waals surface area contributed by atoms with Gasteiger partial charge in [-0.25, -0.2) is 0 Å². The van der Waals surface area contributed by atoms with E-state index in [9.17, 15) is 0 Å². The summed E-state index contributed by atoms with van der Waals surface area (Å²) in [5.41, 5.74) is 1.55. The molecule has 1 N–H and O–H groups in total. The maximum absolute atomic E-state index is 4.39. The summed E-state index contributed by atoms with van der Waals surface area (Å²) in [5, 5.41) is 12.0. The molecule has 0 spiro atoms. The molecule has 0 atom stereocenters. The van der Waals surface area contributed by atoms with Crippen molar-refractivity contribution in [3.05, 3.63) is 22.3 Å². The van der Waals surface area contributed by atoms with Gasteiger partial charge in [-0.1, -0.05) is 0 Å². The first kappa shape index (κ1) is 10.7. The van der Waals surface area contributed by atoms with Crippen LogP contribution in [0.4, 0.5) is 0 Å². The number of nitrogens with one attached hydrogen (secondary N) is 1. The van der Waals surface area contributed by atoms with Crippen molar-refractivity contribution in [3.8, 4) is 10.7 Å². The Hall–Kier alpha value is -1.20. The second-order valence-electron chi connectivity index (χ2n) is 5.03. The van der Waals surface area contributed by atoms with Crippen molar-refractivity contribution in [2.75, 3.05) is 6.54 Å². The highest BCUT2D eigenvalue weighted by molar-refractivity contribution is 7.15. The monoisotopic (exact) mass is 260 g/mol. The largest absolute Gasteiger partial charge is 0.308 e. The van der Waals surface area contributed by atoms with E-state index in [1.165, 1.54) is 30.6 Å². The van der Waals surface area contributed by atoms with Crippen molar-refractivity contribution in [2.24, 2.45) is 0 Å². The van der Waals surface area contributed by atoms with E-state index in [0.29, 0.717) is 0 Å². The van der Waals surface area contributed by atoms with Crippen LogP contribution in [0.25, 0.3) is 10.7 Å². The van der Waals surface area contributed by atoms with Crippen molar-refractivity contribution in [1.82, 2.24) is 20.1 Å². The Kier molecular flexibility index (Phi) is 2.48. The first-order valence-electron chi connectivity index (χ1n) is 6.66. The second-order valence-corrected chi connectivity index (χ2v) is 6.17. The molecule has 4 nitrogen and oxygen atoms in total. The van der Waals surface area contributed by atoms with E-state index in [1.54, 1.807) is 10.4 Å². The molecule has 94 valence electrons. The predicted molar refractivity (Wildman–Crippen MR) is 71.7 cm³/mol. The lowest BCUT2D eigenvalue weighted by Gasteiger charge is -2.15. The fourth-order valence-electron chi connectivity index (χ4n) is 2.88. The molecule has 18 heavy (non-hydrogen) atoms. The Bertz CT molecular complexity index is 560. The molecule has 0 saturated carbocycles. The Morgan fingerprint density at radius 2 is 2.17 bits per heavy atom. The predicted octanol–water partition coefficient (Wildman–Crippen LogP) is 1.99. The van der Waals surface area contributed by atoms with Gasteiger partial charge in [-0.3, -0.25) is 0 Å². The van der Waals surface area contributed by atoms with Crippen LogP contribution in [-0.4, -0.2) is 21.3 Å². The van der Waals surface area contributed by atoms with Crippen LogP contribution >= 0.6 is 11.3 Å². The first-order chi connectivity index (χ1) is 8.92. The van der Waals surface area contributed by atoms with Crippen LogP contribution in [-0.2, 0) is 25.9 Å². The van der Waals surface area contributed by atoms with Crippen molar-refractivity contribution >= 4 is 11.3 Å². The minimum Gasteiger partial charge on any atom is -0.308 e. The quantitative estimate of drug-likeness (QED) is 0.852. The Labute approximate surface area is 110 Å². The average Bonchev–Trinajstić information content (AvgIpc) is 3.02. The zero-order valence-electron chi connectivity index (χ0n) is 10.3. The number of thiophene rings is 1. The van der Waals surface area contributed by atoms with Gasteiger partial charge in [0.15, 0.2) is 5.82 Å². The maximum Gasteiger partial charge on any atom is 0.174 e. The molecule has 1 aliphatic carbocycles. The van der Waals surface area contributed by atoms with E-state index in [0.717, 1.165) is 31.3 Å². The topological polar surface area (TPSA) is 42.7 Å². The summed E-state index contributed by atoms with van der Waals surface area (Å²) < 4.78 is 2.27. The summed E-state index contributed by atoms with van der Waals surface area (Å²) in [5.74, 6) is 2.15. The SMILES string of the molecule is c1c(-c2nnc3n2CCNC3)sc2c1CCCC2. The number of hydrogen-bond donors (Lipinski definition) is 1. The highest BCUT2D eigenvalue weighted by Crippen LogP contribution is 2.35. The highest BCUT2D eigenvalue weighted by atomic mass is 32.1. The Morgan fingerprint density at radius 3 is 3.11 bits per heavy atom. The molecule has 3 heterocycles. The molecule has 0 saturated heterocycles. The minimum atomic E-state index is 0.845. The summed E-state index contributed by atoms with van der Waals surface area (Å²) in [6.45, 7) is 2.85. The van der Waals surface area contributed by atoms with Gasteiger partial charge in [0.05, 0.1) is 11.4 Å². The number of fused-ring (bicyclic) bond motifs is 2. The number of nitrogens with zero attached hydrogens (tertiary/aromatic N) is 3. The fraction of sp³-hybridized carbons (Fsp3) is 0.538. The summed E-state index contributed by atoms with van der Waals surface area (Å²) in [7, 11) is 0. The third-order valence-corrected chi connectivity index (χ3v) is 5.07. The van der Waals surface area contributed by atoms with Crippen LogP contribution in [0.2, 0.25) is 0 Å². The molecule has 1 aliphatic heterocycles. The first-order valence-corrected chi connectivity index (χ1v) is 7.48. The van der Waals surface area contributed by atoms with Gasteiger partial charge in [-0.2, -0.15) is 0 Å².